The number of quaternary nitrogens is 1. The summed E-state index contributed by atoms with van der Waals surface area (Å²) in [7, 11) is 3.38. The van der Waals surface area contributed by atoms with E-state index in [1.165, 1.54) is 21.6 Å². The molecule has 6 heteroatoms. The number of benzene rings is 2. The Morgan fingerprint density at radius 2 is 1.86 bits per heavy atom. The Morgan fingerprint density at radius 3 is 2.52 bits per heavy atom. The van der Waals surface area contributed by atoms with Gasteiger partial charge in [-0.2, -0.15) is 0 Å². The molecule has 156 valence electrons. The molecule has 2 aromatic rings. The van der Waals surface area contributed by atoms with E-state index in [-0.39, 0.29) is 12.1 Å². The number of hydrogen-bond donors (Lipinski definition) is 3. The molecule has 5 nitrogen and oxygen atoms in total. The van der Waals surface area contributed by atoms with Crippen molar-refractivity contribution in [3.05, 3.63) is 59.2 Å². The van der Waals surface area contributed by atoms with Crippen LogP contribution in [0.4, 0.5) is 0 Å². The van der Waals surface area contributed by atoms with E-state index in [4.69, 9.17) is 21.7 Å². The van der Waals surface area contributed by atoms with Crippen molar-refractivity contribution in [1.82, 2.24) is 10.6 Å². The summed E-state index contributed by atoms with van der Waals surface area (Å²) < 4.78 is 11.1. The molecule has 0 bridgehead atoms. The zero-order chi connectivity index (χ0) is 20.8. The van der Waals surface area contributed by atoms with Gasteiger partial charge in [-0.15, -0.1) is 0 Å². The van der Waals surface area contributed by atoms with Crippen molar-refractivity contribution in [3.63, 3.8) is 0 Å². The van der Waals surface area contributed by atoms with Gasteiger partial charge in [0.2, 0.25) is 0 Å². The van der Waals surface area contributed by atoms with Gasteiger partial charge in [-0.25, -0.2) is 0 Å². The number of fused-ring (bicyclic) bond motifs is 1. The van der Waals surface area contributed by atoms with Crippen LogP contribution >= 0.6 is 12.2 Å². The summed E-state index contributed by atoms with van der Waals surface area (Å²) in [6, 6.07) is 15.4. The molecular weight excluding hydrogens is 382 g/mol. The van der Waals surface area contributed by atoms with Crippen LogP contribution in [0.2, 0.25) is 0 Å². The first-order valence-electron chi connectivity index (χ1n) is 10.2. The monoisotopic (exact) mass is 414 g/mol. The third kappa shape index (κ3) is 5.00. The van der Waals surface area contributed by atoms with Gasteiger partial charge in [-0.05, 0) is 43.8 Å². The van der Waals surface area contributed by atoms with E-state index in [2.05, 4.69) is 66.9 Å². The molecule has 1 aliphatic rings. The number of methoxy groups -OCH3 is 2. The zero-order valence-corrected chi connectivity index (χ0v) is 18.6. The normalized spacial score (nSPS) is 19.0. The van der Waals surface area contributed by atoms with Gasteiger partial charge >= 0.3 is 0 Å². The predicted molar refractivity (Wildman–Crippen MR) is 121 cm³/mol. The van der Waals surface area contributed by atoms with E-state index in [0.29, 0.717) is 5.11 Å². The summed E-state index contributed by atoms with van der Waals surface area (Å²) in [5.74, 6) is 1.57. The molecule has 0 saturated carbocycles. The average molecular weight is 415 g/mol. The topological polar surface area (TPSA) is 47.0 Å². The van der Waals surface area contributed by atoms with Gasteiger partial charge in [0.1, 0.15) is 12.6 Å². The SMILES string of the molecule is CCNC(=S)N[C@@H](C)[C@@H]1c2cc(OC)c(OC)cc2CC[NH+]1Cc1ccccc1. The smallest absolute Gasteiger partial charge is 0.166 e. The molecule has 0 saturated heterocycles. The predicted octanol–water partition coefficient (Wildman–Crippen LogP) is 2.26. The summed E-state index contributed by atoms with van der Waals surface area (Å²) in [6.45, 7) is 7.11. The number of ether oxygens (including phenoxy) is 2. The first kappa shape index (κ1) is 21.4. The number of nitrogens with one attached hydrogen (secondary N) is 3. The molecule has 0 aliphatic carbocycles. The molecule has 0 aromatic heterocycles. The van der Waals surface area contributed by atoms with Crippen LogP contribution in [0.15, 0.2) is 42.5 Å². The minimum Gasteiger partial charge on any atom is -0.493 e. The Bertz CT molecular complexity index is 828. The molecule has 3 atom stereocenters. The molecule has 0 amide bonds. The van der Waals surface area contributed by atoms with Crippen molar-refractivity contribution in [3.8, 4) is 11.5 Å². The van der Waals surface area contributed by atoms with Crippen LogP contribution in [-0.4, -0.2) is 38.5 Å². The Kier molecular flexibility index (Phi) is 7.34. The quantitative estimate of drug-likeness (QED) is 0.607. The highest BCUT2D eigenvalue weighted by Gasteiger charge is 2.36. The molecule has 29 heavy (non-hydrogen) atoms. The van der Waals surface area contributed by atoms with Gasteiger partial charge in [0.25, 0.3) is 0 Å². The number of thiocarbonyl (C=S) groups is 1. The van der Waals surface area contributed by atoms with E-state index in [1.807, 2.05) is 0 Å². The van der Waals surface area contributed by atoms with Crippen LogP contribution in [0.25, 0.3) is 0 Å². The molecule has 3 rings (SSSR count). The van der Waals surface area contributed by atoms with Crippen molar-refractivity contribution < 1.29 is 14.4 Å². The fourth-order valence-electron chi connectivity index (χ4n) is 4.29. The van der Waals surface area contributed by atoms with Crippen molar-refractivity contribution in [1.29, 1.82) is 0 Å². The van der Waals surface area contributed by atoms with Crippen LogP contribution in [0.5, 0.6) is 11.5 Å². The largest absolute Gasteiger partial charge is 0.493 e. The average Bonchev–Trinajstić information content (AvgIpc) is 2.73. The number of hydrogen-bond acceptors (Lipinski definition) is 3. The molecular formula is C23H32N3O2S+. The van der Waals surface area contributed by atoms with Crippen LogP contribution in [-0.2, 0) is 13.0 Å². The lowest BCUT2D eigenvalue weighted by Gasteiger charge is -2.38. The molecule has 2 aromatic carbocycles. The van der Waals surface area contributed by atoms with E-state index in [1.54, 1.807) is 14.2 Å². The summed E-state index contributed by atoms with van der Waals surface area (Å²) in [4.78, 5) is 1.52. The number of rotatable bonds is 7. The Morgan fingerprint density at radius 1 is 1.17 bits per heavy atom. The maximum absolute atomic E-state index is 5.61. The molecule has 0 spiro atoms. The highest BCUT2D eigenvalue weighted by atomic mass is 32.1. The molecule has 0 radical (unpaired) electrons. The third-order valence-corrected chi connectivity index (χ3v) is 5.87. The Labute approximate surface area is 179 Å². The van der Waals surface area contributed by atoms with Gasteiger partial charge in [0, 0.05) is 24.1 Å². The van der Waals surface area contributed by atoms with Crippen molar-refractivity contribution in [2.75, 3.05) is 27.3 Å². The standard InChI is InChI=1S/C23H31N3O2S/c1-5-24-23(29)25-16(2)22-19-14-21(28-4)20(27-3)13-18(19)11-12-26(22)15-17-9-7-6-8-10-17/h6-10,13-14,16,22H,5,11-12,15H2,1-4H3,(H2,24,25,29)/p+1/t16-,22+/m0/s1. The van der Waals surface area contributed by atoms with Crippen molar-refractivity contribution >= 4 is 17.3 Å². The molecule has 1 unspecified atom stereocenters. The zero-order valence-electron chi connectivity index (χ0n) is 17.7. The van der Waals surface area contributed by atoms with Crippen LogP contribution in [0.3, 0.4) is 0 Å². The summed E-state index contributed by atoms with van der Waals surface area (Å²) in [5, 5.41) is 7.41. The molecule has 1 heterocycles. The van der Waals surface area contributed by atoms with Crippen LogP contribution in [0.1, 0.15) is 36.6 Å². The first-order chi connectivity index (χ1) is 14.1. The second kappa shape index (κ2) is 9.94. The van der Waals surface area contributed by atoms with Gasteiger partial charge in [0.15, 0.2) is 16.6 Å². The van der Waals surface area contributed by atoms with E-state index < -0.39 is 0 Å². The van der Waals surface area contributed by atoms with Gasteiger partial charge < -0.3 is 25.0 Å². The minimum atomic E-state index is 0.164. The Hall–Kier alpha value is -2.31. The van der Waals surface area contributed by atoms with Crippen molar-refractivity contribution in [2.45, 2.75) is 38.9 Å². The summed E-state index contributed by atoms with van der Waals surface area (Å²) >= 11 is 5.48. The van der Waals surface area contributed by atoms with Gasteiger partial charge in [-0.1, -0.05) is 30.3 Å². The van der Waals surface area contributed by atoms with Crippen LogP contribution in [0, 0.1) is 0 Å². The Balaban J connectivity index is 1.96. The lowest BCUT2D eigenvalue weighted by Crippen LogP contribution is -3.13. The third-order valence-electron chi connectivity index (χ3n) is 5.61. The summed E-state index contributed by atoms with van der Waals surface area (Å²) in [6.07, 6.45) is 1.01. The second-order valence-electron chi connectivity index (χ2n) is 7.50. The second-order valence-corrected chi connectivity index (χ2v) is 7.91. The minimum absolute atomic E-state index is 0.164. The highest BCUT2D eigenvalue weighted by molar-refractivity contribution is 7.80. The molecule has 3 N–H and O–H groups in total. The van der Waals surface area contributed by atoms with Gasteiger partial charge in [-0.3, -0.25) is 0 Å². The van der Waals surface area contributed by atoms with E-state index in [9.17, 15) is 0 Å². The van der Waals surface area contributed by atoms with Gasteiger partial charge in [0.05, 0.1) is 26.8 Å². The van der Waals surface area contributed by atoms with E-state index >= 15 is 0 Å². The molecule has 0 fully saturated rings. The maximum Gasteiger partial charge on any atom is 0.166 e. The molecule has 1 aliphatic heterocycles. The first-order valence-corrected chi connectivity index (χ1v) is 10.7. The lowest BCUT2D eigenvalue weighted by molar-refractivity contribution is -0.948. The van der Waals surface area contributed by atoms with E-state index in [0.717, 1.165) is 37.6 Å². The summed E-state index contributed by atoms with van der Waals surface area (Å²) in [5.41, 5.74) is 3.98. The highest BCUT2D eigenvalue weighted by Crippen LogP contribution is 2.35. The fraction of sp³-hybridized carbons (Fsp3) is 0.435. The lowest BCUT2D eigenvalue weighted by atomic mass is 9.87. The maximum atomic E-state index is 5.61. The fourth-order valence-corrected chi connectivity index (χ4v) is 4.62. The van der Waals surface area contributed by atoms with Crippen molar-refractivity contribution in [2.24, 2.45) is 0 Å². The van der Waals surface area contributed by atoms with Crippen LogP contribution < -0.4 is 25.0 Å².